The van der Waals surface area contributed by atoms with Crippen molar-refractivity contribution in [3.63, 3.8) is 0 Å². The molecule has 0 bridgehead atoms. The minimum absolute atomic E-state index is 0. The number of carboxylic acid groups (broad SMARTS) is 1. The first-order chi connectivity index (χ1) is 6.31. The molecule has 0 saturated heterocycles. The maximum absolute atomic E-state index is 10.5. The fourth-order valence-corrected chi connectivity index (χ4v) is 0.716. The van der Waals surface area contributed by atoms with E-state index in [-0.39, 0.29) is 59.1 Å². The van der Waals surface area contributed by atoms with E-state index in [1.165, 1.54) is 0 Å². The van der Waals surface area contributed by atoms with Crippen molar-refractivity contribution in [1.82, 2.24) is 0 Å². The van der Waals surface area contributed by atoms with Crippen LogP contribution >= 0.6 is 0 Å². The van der Waals surface area contributed by atoms with Crippen molar-refractivity contribution in [3.8, 4) is 0 Å². The number of aliphatic carboxylic acids is 1. The van der Waals surface area contributed by atoms with Gasteiger partial charge in [-0.3, -0.25) is 0 Å². The van der Waals surface area contributed by atoms with Crippen molar-refractivity contribution < 1.29 is 91.5 Å². The zero-order chi connectivity index (χ0) is 11.2. The van der Waals surface area contributed by atoms with E-state index in [4.69, 9.17) is 0 Å². The number of hydrogen-bond acceptors (Lipinski definition) is 7. The Morgan fingerprint density at radius 3 is 2.06 bits per heavy atom. The van der Waals surface area contributed by atoms with E-state index in [1.807, 2.05) is 0 Å². The van der Waals surface area contributed by atoms with Gasteiger partial charge in [-0.05, 0) is 6.08 Å². The Labute approximate surface area is 137 Å². The van der Waals surface area contributed by atoms with Crippen LogP contribution in [0.2, 0.25) is 0 Å². The smallest absolute Gasteiger partial charge is 0.748 e. The van der Waals surface area contributed by atoms with Gasteiger partial charge in [0, 0.05) is 6.08 Å². The molecular weight excluding hydrogens is 262 g/mol. The Kier molecular flexibility index (Phi) is 14.6. The summed E-state index contributed by atoms with van der Waals surface area (Å²) in [7, 11) is -4.43. The fourth-order valence-electron chi connectivity index (χ4n) is 0.429. The Balaban J connectivity index is -0.000000845. The van der Waals surface area contributed by atoms with Crippen molar-refractivity contribution >= 4 is 22.1 Å². The molecule has 0 rings (SSSR count). The first-order valence-electron chi connectivity index (χ1n) is 3.30. The van der Waals surface area contributed by atoms with Gasteiger partial charge < -0.3 is 19.2 Å². The zero-order valence-corrected chi connectivity index (χ0v) is 13.7. The molecule has 0 heterocycles. The third-order valence-corrected chi connectivity index (χ3v) is 1.60. The predicted molar refractivity (Wildman–Crippen MR) is 39.7 cm³/mol. The summed E-state index contributed by atoms with van der Waals surface area (Å²) in [5, 5.41) is 9.79. The molecule has 0 aliphatic rings. The molecule has 0 unspecified atom stereocenters. The number of carbonyl (C=O) groups excluding carboxylic acids is 2. The number of ether oxygens (including phenoxy) is 1. The largest absolute Gasteiger partial charge is 1.00 e. The van der Waals surface area contributed by atoms with Crippen LogP contribution in [0.15, 0.2) is 12.2 Å². The summed E-state index contributed by atoms with van der Waals surface area (Å²) in [5.74, 6) is -3.49. The maximum Gasteiger partial charge on any atom is 1.00 e. The van der Waals surface area contributed by atoms with Crippen LogP contribution in [0.25, 0.3) is 0 Å². The van der Waals surface area contributed by atoms with Gasteiger partial charge in [0.25, 0.3) is 0 Å². The van der Waals surface area contributed by atoms with Crippen LogP contribution in [-0.4, -0.2) is 37.3 Å². The Hall–Kier alpha value is 0.590. The van der Waals surface area contributed by atoms with Gasteiger partial charge in [-0.15, -0.1) is 0 Å². The fraction of sp³-hybridized carbons (Fsp3) is 0.333. The Morgan fingerprint density at radius 2 is 1.69 bits per heavy atom. The molecule has 0 aromatic rings. The summed E-state index contributed by atoms with van der Waals surface area (Å²) >= 11 is 0. The second-order valence-corrected chi connectivity index (χ2v) is 3.61. The van der Waals surface area contributed by atoms with Gasteiger partial charge in [0.15, 0.2) is 0 Å². The van der Waals surface area contributed by atoms with E-state index in [9.17, 15) is 27.7 Å². The van der Waals surface area contributed by atoms with Crippen LogP contribution in [0, 0.1) is 0 Å². The van der Waals surface area contributed by atoms with Crippen molar-refractivity contribution in [2.24, 2.45) is 0 Å². The molecular formula is C6H6Na2O7S. The standard InChI is InChI=1S/C6H8O7S.2Na/c7-5(8)1-2-6(9)13-3-4-14(10,11)12;;/h1-2H,3-4H2,(H,7,8)(H,10,11,12);;/q;2*+1/p-2/b2-1-;;. The second-order valence-electron chi connectivity index (χ2n) is 2.08. The third kappa shape index (κ3) is 17.0. The number of hydrogen-bond donors (Lipinski definition) is 0. The zero-order valence-electron chi connectivity index (χ0n) is 8.83. The first-order valence-corrected chi connectivity index (χ1v) is 4.88. The molecule has 0 aromatic heterocycles. The van der Waals surface area contributed by atoms with Crippen LogP contribution in [0.3, 0.4) is 0 Å². The summed E-state index contributed by atoms with van der Waals surface area (Å²) in [6.07, 6.45) is 0.973. The van der Waals surface area contributed by atoms with Gasteiger partial charge in [-0.25, -0.2) is 13.2 Å². The minimum atomic E-state index is -4.43. The number of carboxylic acids is 1. The topological polar surface area (TPSA) is 124 Å². The summed E-state index contributed by atoms with van der Waals surface area (Å²) in [6.45, 7) is -0.609. The molecule has 7 nitrogen and oxygen atoms in total. The Morgan fingerprint density at radius 1 is 1.19 bits per heavy atom. The van der Waals surface area contributed by atoms with Crippen LogP contribution < -0.4 is 64.2 Å². The summed E-state index contributed by atoms with van der Waals surface area (Å²) in [6, 6.07) is 0. The van der Waals surface area contributed by atoms with E-state index < -0.39 is 34.4 Å². The van der Waals surface area contributed by atoms with Crippen molar-refractivity contribution in [1.29, 1.82) is 0 Å². The SMILES string of the molecule is O=C([O-])/C=C\C(=O)OCCS(=O)(=O)[O-].[Na+].[Na+]. The van der Waals surface area contributed by atoms with Gasteiger partial charge in [0.2, 0.25) is 0 Å². The van der Waals surface area contributed by atoms with Crippen molar-refractivity contribution in [2.75, 3.05) is 12.4 Å². The van der Waals surface area contributed by atoms with E-state index in [2.05, 4.69) is 4.74 Å². The van der Waals surface area contributed by atoms with Gasteiger partial charge in [0.1, 0.15) is 6.61 Å². The Bertz CT molecular complexity index is 348. The van der Waals surface area contributed by atoms with E-state index in [0.717, 1.165) is 0 Å². The van der Waals surface area contributed by atoms with Crippen molar-refractivity contribution in [2.45, 2.75) is 0 Å². The molecule has 0 aliphatic carbocycles. The molecule has 0 saturated carbocycles. The molecule has 0 atom stereocenters. The van der Waals surface area contributed by atoms with Crippen LogP contribution in [0.5, 0.6) is 0 Å². The summed E-state index contributed by atoms with van der Waals surface area (Å²) in [5.41, 5.74) is 0. The van der Waals surface area contributed by atoms with Gasteiger partial charge in [-0.1, -0.05) is 0 Å². The summed E-state index contributed by atoms with van der Waals surface area (Å²) in [4.78, 5) is 20.3. The average molecular weight is 268 g/mol. The third-order valence-electron chi connectivity index (χ3n) is 0.933. The first kappa shape index (κ1) is 21.8. The van der Waals surface area contributed by atoms with Gasteiger partial charge in [0.05, 0.1) is 21.8 Å². The van der Waals surface area contributed by atoms with Gasteiger partial charge in [-0.2, -0.15) is 0 Å². The van der Waals surface area contributed by atoms with Crippen LogP contribution in [-0.2, 0) is 24.4 Å². The van der Waals surface area contributed by atoms with Gasteiger partial charge >= 0.3 is 65.1 Å². The van der Waals surface area contributed by atoms with Crippen molar-refractivity contribution in [3.05, 3.63) is 12.2 Å². The van der Waals surface area contributed by atoms with E-state index in [1.54, 1.807) is 0 Å². The monoisotopic (exact) mass is 268 g/mol. The van der Waals surface area contributed by atoms with Crippen LogP contribution in [0.1, 0.15) is 0 Å². The van der Waals surface area contributed by atoms with E-state index in [0.29, 0.717) is 12.2 Å². The molecule has 0 radical (unpaired) electrons. The molecule has 16 heavy (non-hydrogen) atoms. The van der Waals surface area contributed by atoms with Crippen LogP contribution in [0.4, 0.5) is 0 Å². The molecule has 0 amide bonds. The molecule has 0 aromatic carbocycles. The second kappa shape index (κ2) is 10.7. The number of rotatable bonds is 5. The molecule has 0 N–H and O–H groups in total. The molecule has 0 spiro atoms. The molecule has 10 heteroatoms. The predicted octanol–water partition coefficient (Wildman–Crippen LogP) is -8.61. The average Bonchev–Trinajstić information content (AvgIpc) is 1.98. The summed E-state index contributed by atoms with van der Waals surface area (Å²) < 4.78 is 34.2. The maximum atomic E-state index is 10.5. The number of esters is 1. The normalized spacial score (nSPS) is 10.1. The quantitative estimate of drug-likeness (QED) is 0.210. The number of carbonyl (C=O) groups is 2. The van der Waals surface area contributed by atoms with E-state index >= 15 is 0 Å². The minimum Gasteiger partial charge on any atom is -0.748 e. The molecule has 80 valence electrons. The molecule has 0 aliphatic heterocycles. The molecule has 0 fully saturated rings.